The van der Waals surface area contributed by atoms with Crippen LogP contribution in [0.4, 0.5) is 11.4 Å². The SMILES string of the molecule is Cc1cc(Cl)c(NS(=O)(=O)Cc2ccccc2N)cc1Cl. The van der Waals surface area contributed by atoms with E-state index in [1.165, 1.54) is 6.07 Å². The number of sulfonamides is 1. The van der Waals surface area contributed by atoms with Gasteiger partial charge in [0.1, 0.15) is 0 Å². The Kier molecular flexibility index (Phi) is 4.66. The van der Waals surface area contributed by atoms with E-state index in [1.807, 2.05) is 0 Å². The molecule has 112 valence electrons. The fourth-order valence-corrected chi connectivity index (χ4v) is 3.53. The molecular weight excluding hydrogens is 331 g/mol. The van der Waals surface area contributed by atoms with Crippen molar-refractivity contribution in [3.63, 3.8) is 0 Å². The molecule has 0 saturated heterocycles. The summed E-state index contributed by atoms with van der Waals surface area (Å²) in [6, 6.07) is 9.90. The number of nitrogens with two attached hydrogens (primary N) is 1. The van der Waals surface area contributed by atoms with Crippen molar-refractivity contribution < 1.29 is 8.42 Å². The van der Waals surface area contributed by atoms with Gasteiger partial charge in [0.2, 0.25) is 10.0 Å². The largest absolute Gasteiger partial charge is 0.398 e. The van der Waals surface area contributed by atoms with Gasteiger partial charge in [0.05, 0.1) is 16.5 Å². The molecule has 7 heteroatoms. The summed E-state index contributed by atoms with van der Waals surface area (Å²) in [6.45, 7) is 1.79. The van der Waals surface area contributed by atoms with Gasteiger partial charge in [0, 0.05) is 10.7 Å². The normalized spacial score (nSPS) is 11.4. The van der Waals surface area contributed by atoms with Crippen molar-refractivity contribution in [2.45, 2.75) is 12.7 Å². The summed E-state index contributed by atoms with van der Waals surface area (Å²) in [5.41, 5.74) is 7.74. The standard InChI is InChI=1S/C14H14Cl2N2O2S/c1-9-6-12(16)14(7-11(9)15)18-21(19,20)8-10-4-2-3-5-13(10)17/h2-7,18H,8,17H2,1H3. The van der Waals surface area contributed by atoms with Crippen LogP contribution in [0.2, 0.25) is 10.0 Å². The molecule has 4 nitrogen and oxygen atoms in total. The van der Waals surface area contributed by atoms with Gasteiger partial charge in [-0.1, -0.05) is 41.4 Å². The molecule has 0 bridgehead atoms. The zero-order valence-corrected chi connectivity index (χ0v) is 13.6. The zero-order valence-electron chi connectivity index (χ0n) is 11.2. The van der Waals surface area contributed by atoms with Gasteiger partial charge in [-0.2, -0.15) is 0 Å². The molecule has 0 fully saturated rings. The van der Waals surface area contributed by atoms with Crippen molar-refractivity contribution >= 4 is 44.6 Å². The molecule has 0 heterocycles. The van der Waals surface area contributed by atoms with Crippen LogP contribution in [0.25, 0.3) is 0 Å². The van der Waals surface area contributed by atoms with Crippen LogP contribution in [0.5, 0.6) is 0 Å². The van der Waals surface area contributed by atoms with Crippen LogP contribution in [0.15, 0.2) is 36.4 Å². The van der Waals surface area contributed by atoms with Gasteiger partial charge in [-0.15, -0.1) is 0 Å². The molecule has 2 aromatic carbocycles. The van der Waals surface area contributed by atoms with Crippen molar-refractivity contribution in [2.24, 2.45) is 0 Å². The lowest BCUT2D eigenvalue weighted by atomic mass is 10.2. The van der Waals surface area contributed by atoms with Crippen molar-refractivity contribution in [1.29, 1.82) is 0 Å². The molecule has 0 aliphatic carbocycles. The van der Waals surface area contributed by atoms with Gasteiger partial charge in [0.15, 0.2) is 0 Å². The fourth-order valence-electron chi connectivity index (χ4n) is 1.80. The summed E-state index contributed by atoms with van der Waals surface area (Å²) >= 11 is 12.0. The minimum Gasteiger partial charge on any atom is -0.398 e. The van der Waals surface area contributed by atoms with E-state index in [-0.39, 0.29) is 11.4 Å². The molecule has 0 aliphatic heterocycles. The third-order valence-electron chi connectivity index (χ3n) is 2.91. The van der Waals surface area contributed by atoms with Gasteiger partial charge in [-0.3, -0.25) is 4.72 Å². The quantitative estimate of drug-likeness (QED) is 0.828. The predicted octanol–water partition coefficient (Wildman–Crippen LogP) is 3.83. The number of benzene rings is 2. The molecule has 3 N–H and O–H groups in total. The second kappa shape index (κ2) is 6.13. The minimum atomic E-state index is -3.64. The molecule has 0 amide bonds. The topological polar surface area (TPSA) is 72.2 Å². The molecular formula is C14H14Cl2N2O2S. The summed E-state index contributed by atoms with van der Waals surface area (Å²) in [5, 5.41) is 0.734. The number of hydrogen-bond donors (Lipinski definition) is 2. The van der Waals surface area contributed by atoms with Crippen molar-refractivity contribution in [3.05, 3.63) is 57.6 Å². The maximum atomic E-state index is 12.2. The Hall–Kier alpha value is -1.43. The molecule has 0 radical (unpaired) electrons. The van der Waals surface area contributed by atoms with Crippen LogP contribution in [0.1, 0.15) is 11.1 Å². The smallest absolute Gasteiger partial charge is 0.237 e. The molecule has 0 aromatic heterocycles. The number of aryl methyl sites for hydroxylation is 1. The summed E-state index contributed by atoms with van der Waals surface area (Å²) in [5.74, 6) is -0.235. The Bertz CT molecular complexity index is 777. The van der Waals surface area contributed by atoms with Crippen LogP contribution >= 0.6 is 23.2 Å². The van der Waals surface area contributed by atoms with Crippen LogP contribution in [0, 0.1) is 6.92 Å². The average molecular weight is 345 g/mol. The molecule has 0 unspecified atom stereocenters. The first-order chi connectivity index (χ1) is 9.78. The maximum absolute atomic E-state index is 12.2. The van der Waals surface area contributed by atoms with E-state index >= 15 is 0 Å². The van der Waals surface area contributed by atoms with E-state index in [2.05, 4.69) is 4.72 Å². The Labute approximate surface area is 133 Å². The number of rotatable bonds is 4. The molecule has 2 rings (SSSR count). The van der Waals surface area contributed by atoms with Gasteiger partial charge < -0.3 is 5.73 Å². The lowest BCUT2D eigenvalue weighted by Gasteiger charge is -2.12. The third-order valence-corrected chi connectivity index (χ3v) is 4.86. The molecule has 0 spiro atoms. The van der Waals surface area contributed by atoms with Gasteiger partial charge in [0.25, 0.3) is 0 Å². The van der Waals surface area contributed by atoms with Crippen molar-refractivity contribution in [1.82, 2.24) is 0 Å². The van der Waals surface area contributed by atoms with Crippen LogP contribution in [-0.4, -0.2) is 8.42 Å². The second-order valence-electron chi connectivity index (χ2n) is 4.64. The summed E-state index contributed by atoms with van der Waals surface area (Å²) in [6.07, 6.45) is 0. The second-order valence-corrected chi connectivity index (χ2v) is 7.18. The van der Waals surface area contributed by atoms with Crippen molar-refractivity contribution in [2.75, 3.05) is 10.5 Å². The molecule has 0 aliphatic rings. The Morgan fingerprint density at radius 1 is 1.14 bits per heavy atom. The number of halogens is 2. The molecule has 2 aromatic rings. The number of nitrogens with one attached hydrogen (secondary N) is 1. The lowest BCUT2D eigenvalue weighted by Crippen LogP contribution is -2.16. The van der Waals surface area contributed by atoms with Crippen molar-refractivity contribution in [3.8, 4) is 0 Å². The highest BCUT2D eigenvalue weighted by Gasteiger charge is 2.16. The summed E-state index contributed by atoms with van der Waals surface area (Å²) in [7, 11) is -3.64. The zero-order chi connectivity index (χ0) is 15.6. The average Bonchev–Trinajstić information content (AvgIpc) is 2.38. The first-order valence-electron chi connectivity index (χ1n) is 6.08. The highest BCUT2D eigenvalue weighted by atomic mass is 35.5. The maximum Gasteiger partial charge on any atom is 0.237 e. The molecule has 0 atom stereocenters. The van der Waals surface area contributed by atoms with Crippen LogP contribution in [-0.2, 0) is 15.8 Å². The van der Waals surface area contributed by atoms with E-state index in [1.54, 1.807) is 37.3 Å². The van der Waals surface area contributed by atoms with Gasteiger partial charge in [-0.25, -0.2) is 8.42 Å². The first-order valence-corrected chi connectivity index (χ1v) is 8.49. The Balaban J connectivity index is 2.26. The van der Waals surface area contributed by atoms with E-state index in [0.29, 0.717) is 21.3 Å². The van der Waals surface area contributed by atoms with Gasteiger partial charge in [-0.05, 0) is 36.2 Å². The monoisotopic (exact) mass is 344 g/mol. The lowest BCUT2D eigenvalue weighted by molar-refractivity contribution is 0.600. The Morgan fingerprint density at radius 2 is 1.81 bits per heavy atom. The highest BCUT2D eigenvalue weighted by molar-refractivity contribution is 7.91. The third kappa shape index (κ3) is 4.03. The number of anilines is 2. The Morgan fingerprint density at radius 3 is 2.48 bits per heavy atom. The predicted molar refractivity (Wildman–Crippen MR) is 88.3 cm³/mol. The number of para-hydroxylation sites is 1. The number of nitrogen functional groups attached to an aromatic ring is 1. The van der Waals surface area contributed by atoms with E-state index in [9.17, 15) is 8.42 Å². The van der Waals surface area contributed by atoms with E-state index in [0.717, 1.165) is 5.56 Å². The van der Waals surface area contributed by atoms with E-state index in [4.69, 9.17) is 28.9 Å². The highest BCUT2D eigenvalue weighted by Crippen LogP contribution is 2.30. The first kappa shape index (κ1) is 15.9. The molecule has 21 heavy (non-hydrogen) atoms. The fraction of sp³-hybridized carbons (Fsp3) is 0.143. The van der Waals surface area contributed by atoms with E-state index < -0.39 is 10.0 Å². The number of hydrogen-bond acceptors (Lipinski definition) is 3. The molecule has 0 saturated carbocycles. The van der Waals surface area contributed by atoms with Crippen LogP contribution in [0.3, 0.4) is 0 Å². The summed E-state index contributed by atoms with van der Waals surface area (Å²) < 4.78 is 26.8. The minimum absolute atomic E-state index is 0.235. The van der Waals surface area contributed by atoms with Crippen LogP contribution < -0.4 is 10.5 Å². The summed E-state index contributed by atoms with van der Waals surface area (Å²) in [4.78, 5) is 0. The van der Waals surface area contributed by atoms with Gasteiger partial charge >= 0.3 is 0 Å².